The number of hydrogen-bond acceptors (Lipinski definition) is 1. The Bertz CT molecular complexity index is 125. The van der Waals surface area contributed by atoms with Gasteiger partial charge in [-0.15, -0.1) is 0 Å². The molecule has 0 bridgehead atoms. The van der Waals surface area contributed by atoms with Gasteiger partial charge in [0.1, 0.15) is 12.1 Å². The highest BCUT2D eigenvalue weighted by Gasteiger charge is 2.29. The second kappa shape index (κ2) is 3.55. The van der Waals surface area contributed by atoms with Crippen molar-refractivity contribution in [3.8, 4) is 0 Å². The average Bonchev–Trinajstić information content (AvgIpc) is 1.85. The third-order valence-electron chi connectivity index (χ3n) is 2.64. The first-order chi connectivity index (χ1) is 5.11. The first-order valence-electron chi connectivity index (χ1n) is 4.56. The molecule has 0 aromatic rings. The summed E-state index contributed by atoms with van der Waals surface area (Å²) < 4.78 is 5.74. The van der Waals surface area contributed by atoms with Crippen molar-refractivity contribution in [3.63, 3.8) is 0 Å². The quantitative estimate of drug-likeness (QED) is 0.571. The molecule has 1 heterocycles. The van der Waals surface area contributed by atoms with Crippen molar-refractivity contribution in [1.82, 2.24) is 0 Å². The minimum Gasteiger partial charge on any atom is -0.369 e. The van der Waals surface area contributed by atoms with E-state index in [-0.39, 0.29) is 0 Å². The van der Waals surface area contributed by atoms with E-state index in [4.69, 9.17) is 4.74 Å². The summed E-state index contributed by atoms with van der Waals surface area (Å²) in [6.07, 6.45) is 3.44. The molecule has 2 heteroatoms. The van der Waals surface area contributed by atoms with Gasteiger partial charge in [-0.25, -0.2) is 0 Å². The molecule has 0 saturated carbocycles. The molecule has 0 aromatic carbocycles. The Kier molecular flexibility index (Phi) is 2.90. The Labute approximate surface area is 69.5 Å². The number of nitrogens with one attached hydrogen (secondary N) is 1. The lowest BCUT2D eigenvalue weighted by Gasteiger charge is -2.34. The van der Waals surface area contributed by atoms with E-state index in [2.05, 4.69) is 27.9 Å². The van der Waals surface area contributed by atoms with Gasteiger partial charge in [0.15, 0.2) is 0 Å². The lowest BCUT2D eigenvalue weighted by molar-refractivity contribution is -0.891. The van der Waals surface area contributed by atoms with Gasteiger partial charge in [0.25, 0.3) is 0 Å². The van der Waals surface area contributed by atoms with Crippen LogP contribution in [0.2, 0.25) is 0 Å². The molecule has 11 heavy (non-hydrogen) atoms. The highest BCUT2D eigenvalue weighted by Crippen LogP contribution is 2.16. The van der Waals surface area contributed by atoms with Crippen molar-refractivity contribution in [3.05, 3.63) is 0 Å². The van der Waals surface area contributed by atoms with E-state index in [1.807, 2.05) is 0 Å². The van der Waals surface area contributed by atoms with Gasteiger partial charge in [0.05, 0.1) is 20.2 Å². The van der Waals surface area contributed by atoms with Gasteiger partial charge in [-0.1, -0.05) is 0 Å². The standard InChI is InChI=1S/C9H19NO/c1-7-5-6-9(10(3)4)8(2)11-7/h7-9H,5-6H2,1-4H3/p+1/t7-,8+,9-/m0/s1. The van der Waals surface area contributed by atoms with E-state index < -0.39 is 0 Å². The maximum atomic E-state index is 5.74. The fourth-order valence-corrected chi connectivity index (χ4v) is 1.94. The number of ether oxygens (including phenoxy) is 1. The van der Waals surface area contributed by atoms with Crippen molar-refractivity contribution in [2.24, 2.45) is 0 Å². The fourth-order valence-electron chi connectivity index (χ4n) is 1.94. The molecule has 0 unspecified atom stereocenters. The Hall–Kier alpha value is -0.0800. The third kappa shape index (κ3) is 2.17. The molecule has 1 rings (SSSR count). The summed E-state index contributed by atoms with van der Waals surface area (Å²) in [5.74, 6) is 0. The van der Waals surface area contributed by atoms with Crippen molar-refractivity contribution in [2.45, 2.75) is 44.9 Å². The fraction of sp³-hybridized carbons (Fsp3) is 1.00. The average molecular weight is 158 g/mol. The molecule has 1 fully saturated rings. The van der Waals surface area contributed by atoms with Crippen LogP contribution in [0.5, 0.6) is 0 Å². The summed E-state index contributed by atoms with van der Waals surface area (Å²) >= 11 is 0. The van der Waals surface area contributed by atoms with Crippen LogP contribution in [0.4, 0.5) is 0 Å². The highest BCUT2D eigenvalue weighted by molar-refractivity contribution is 4.72. The van der Waals surface area contributed by atoms with Crippen molar-refractivity contribution < 1.29 is 9.64 Å². The van der Waals surface area contributed by atoms with E-state index in [0.29, 0.717) is 18.2 Å². The van der Waals surface area contributed by atoms with Gasteiger partial charge in [0.2, 0.25) is 0 Å². The Morgan fingerprint density at radius 2 is 1.82 bits per heavy atom. The molecule has 1 saturated heterocycles. The van der Waals surface area contributed by atoms with E-state index in [1.54, 1.807) is 0 Å². The topological polar surface area (TPSA) is 13.7 Å². The molecule has 2 nitrogen and oxygen atoms in total. The minimum absolute atomic E-state index is 0.434. The zero-order valence-corrected chi connectivity index (χ0v) is 8.05. The Morgan fingerprint density at radius 1 is 1.18 bits per heavy atom. The van der Waals surface area contributed by atoms with E-state index in [9.17, 15) is 0 Å². The zero-order chi connectivity index (χ0) is 8.43. The van der Waals surface area contributed by atoms with Crippen LogP contribution in [0.25, 0.3) is 0 Å². The molecule has 1 N–H and O–H groups in total. The van der Waals surface area contributed by atoms with Gasteiger partial charge < -0.3 is 9.64 Å². The summed E-state index contributed by atoms with van der Waals surface area (Å²) in [4.78, 5) is 1.52. The molecule has 66 valence electrons. The summed E-state index contributed by atoms with van der Waals surface area (Å²) in [7, 11) is 4.42. The molecular formula is C9H20NO+. The van der Waals surface area contributed by atoms with Crippen molar-refractivity contribution in [2.75, 3.05) is 14.1 Å². The molecule has 1 aliphatic heterocycles. The molecule has 0 radical (unpaired) electrons. The predicted octanol–water partition coefficient (Wildman–Crippen LogP) is 0.0869. The van der Waals surface area contributed by atoms with Gasteiger partial charge in [-0.05, 0) is 20.3 Å². The second-order valence-corrected chi connectivity index (χ2v) is 3.91. The van der Waals surface area contributed by atoms with E-state index >= 15 is 0 Å². The largest absolute Gasteiger partial charge is 0.369 e. The maximum Gasteiger partial charge on any atom is 0.113 e. The number of likely N-dealkylation sites (N-methyl/N-ethyl adjacent to an activating group) is 1. The molecule has 0 aromatic heterocycles. The van der Waals surface area contributed by atoms with Crippen LogP contribution >= 0.6 is 0 Å². The van der Waals surface area contributed by atoms with Crippen LogP contribution in [-0.2, 0) is 4.74 Å². The highest BCUT2D eigenvalue weighted by atomic mass is 16.5. The lowest BCUT2D eigenvalue weighted by Crippen LogP contribution is -3.11. The van der Waals surface area contributed by atoms with Crippen LogP contribution in [0.1, 0.15) is 26.7 Å². The molecule has 0 spiro atoms. The second-order valence-electron chi connectivity index (χ2n) is 3.91. The normalized spacial score (nSPS) is 39.5. The van der Waals surface area contributed by atoms with Crippen LogP contribution in [0.3, 0.4) is 0 Å². The number of hydrogen-bond donors (Lipinski definition) is 1. The van der Waals surface area contributed by atoms with Gasteiger partial charge in [-0.2, -0.15) is 0 Å². The van der Waals surface area contributed by atoms with Gasteiger partial charge in [0, 0.05) is 6.42 Å². The van der Waals surface area contributed by atoms with Crippen LogP contribution in [-0.4, -0.2) is 32.3 Å². The maximum absolute atomic E-state index is 5.74. The smallest absolute Gasteiger partial charge is 0.113 e. The zero-order valence-electron chi connectivity index (χ0n) is 8.05. The summed E-state index contributed by atoms with van der Waals surface area (Å²) in [6, 6.07) is 0.700. The van der Waals surface area contributed by atoms with E-state index in [0.717, 1.165) is 0 Å². The lowest BCUT2D eigenvalue weighted by atomic mass is 9.99. The minimum atomic E-state index is 0.434. The first kappa shape index (κ1) is 9.01. The first-order valence-corrected chi connectivity index (χ1v) is 4.56. The molecule has 0 aliphatic carbocycles. The van der Waals surface area contributed by atoms with Crippen molar-refractivity contribution >= 4 is 0 Å². The Morgan fingerprint density at radius 3 is 2.27 bits per heavy atom. The summed E-state index contributed by atoms with van der Waals surface area (Å²) in [5, 5.41) is 0. The number of quaternary nitrogens is 1. The van der Waals surface area contributed by atoms with Gasteiger partial charge in [-0.3, -0.25) is 0 Å². The van der Waals surface area contributed by atoms with Gasteiger partial charge >= 0.3 is 0 Å². The SMILES string of the molecule is C[C@H]1CC[C@H]([NH+](C)C)[C@@H](C)O1. The Balaban J connectivity index is 2.44. The van der Waals surface area contributed by atoms with Crippen molar-refractivity contribution in [1.29, 1.82) is 0 Å². The van der Waals surface area contributed by atoms with Crippen LogP contribution in [0, 0.1) is 0 Å². The van der Waals surface area contributed by atoms with E-state index in [1.165, 1.54) is 17.7 Å². The third-order valence-corrected chi connectivity index (χ3v) is 2.64. The number of rotatable bonds is 1. The van der Waals surface area contributed by atoms with Crippen LogP contribution in [0.15, 0.2) is 0 Å². The summed E-state index contributed by atoms with van der Waals surface area (Å²) in [6.45, 7) is 4.35. The molecular weight excluding hydrogens is 138 g/mol. The molecule has 3 atom stereocenters. The molecule has 1 aliphatic rings. The summed E-state index contributed by atoms with van der Waals surface area (Å²) in [5.41, 5.74) is 0. The molecule has 0 amide bonds. The predicted molar refractivity (Wildman–Crippen MR) is 45.8 cm³/mol. The monoisotopic (exact) mass is 158 g/mol. The van der Waals surface area contributed by atoms with Crippen LogP contribution < -0.4 is 4.90 Å².